The molecule has 0 aliphatic heterocycles. The molecule has 0 N–H and O–H groups in total. The van der Waals surface area contributed by atoms with Gasteiger partial charge in [0.05, 0.1) is 26.2 Å². The summed E-state index contributed by atoms with van der Waals surface area (Å²) < 4.78 is 0. The van der Waals surface area contributed by atoms with Crippen LogP contribution in [0.25, 0.3) is 0 Å². The average Bonchev–Trinajstić information content (AvgIpc) is 2.54. The first-order chi connectivity index (χ1) is 10.8. The van der Waals surface area contributed by atoms with E-state index in [1.165, 1.54) is 24.3 Å². The predicted molar refractivity (Wildman–Crippen MR) is 77.4 cm³/mol. The summed E-state index contributed by atoms with van der Waals surface area (Å²) in [6.45, 7) is 1.16. The molecule has 1 atom stereocenters. The Morgan fingerprint density at radius 2 is 1.14 bits per heavy atom. The molecule has 0 fully saturated rings. The van der Waals surface area contributed by atoms with Gasteiger partial charge >= 0.3 is 0 Å². The van der Waals surface area contributed by atoms with Gasteiger partial charge in [-0.1, -0.05) is 6.42 Å². The van der Waals surface area contributed by atoms with Crippen molar-refractivity contribution in [3.8, 4) is 0 Å². The Labute approximate surface area is 128 Å². The molecule has 1 unspecified atom stereocenters. The van der Waals surface area contributed by atoms with E-state index >= 15 is 0 Å². The average molecular weight is 306 g/mol. The molecule has 0 saturated heterocycles. The van der Waals surface area contributed by atoms with E-state index in [0.717, 1.165) is 19.3 Å². The quantitative estimate of drug-likeness (QED) is 0.288. The second kappa shape index (κ2) is 14.9. The molecule has 8 heteroatoms. The van der Waals surface area contributed by atoms with E-state index in [9.17, 15) is 19.2 Å². The summed E-state index contributed by atoms with van der Waals surface area (Å²) in [5.74, 6) is -0.0295. The molecular formula is C14H18N4O4. The van der Waals surface area contributed by atoms with E-state index in [-0.39, 0.29) is 24.9 Å². The summed E-state index contributed by atoms with van der Waals surface area (Å²) in [6, 6.07) is 0. The fraction of sp³-hybridized carbons (Fsp3) is 0.714. The Bertz CT molecular complexity index is 477. The number of hydrogen-bond acceptors (Lipinski definition) is 8. The zero-order valence-corrected chi connectivity index (χ0v) is 12.2. The van der Waals surface area contributed by atoms with Crippen LogP contribution in [0.4, 0.5) is 0 Å². The van der Waals surface area contributed by atoms with Crippen molar-refractivity contribution in [3.05, 3.63) is 0 Å². The third kappa shape index (κ3) is 11.4. The SMILES string of the molecule is O=C=NCCCCC(CN=C=O)CC(CN=C=O)CN=C=O. The van der Waals surface area contributed by atoms with Crippen molar-refractivity contribution in [1.82, 2.24) is 0 Å². The number of isocyanates is 4. The standard InChI is InChI=1S/C14H18N4O4/c19-9-15-4-2-1-3-13(6-16-10-20)5-14(7-17-11-21)8-18-12-22/h13-14H,1-8H2. The lowest BCUT2D eigenvalue weighted by molar-refractivity contribution is 0.359. The molecule has 22 heavy (non-hydrogen) atoms. The maximum Gasteiger partial charge on any atom is 0.234 e. The molecule has 0 aromatic rings. The second-order valence-corrected chi connectivity index (χ2v) is 4.73. The van der Waals surface area contributed by atoms with Crippen LogP contribution in [-0.2, 0) is 19.2 Å². The second-order valence-electron chi connectivity index (χ2n) is 4.73. The molecule has 0 bridgehead atoms. The minimum atomic E-state index is -0.109. The van der Waals surface area contributed by atoms with Crippen molar-refractivity contribution in [2.45, 2.75) is 25.7 Å². The Balaban J connectivity index is 4.52. The molecule has 0 spiro atoms. The van der Waals surface area contributed by atoms with Crippen LogP contribution >= 0.6 is 0 Å². The zero-order valence-electron chi connectivity index (χ0n) is 12.2. The van der Waals surface area contributed by atoms with Gasteiger partial charge in [0.25, 0.3) is 0 Å². The molecule has 0 radical (unpaired) electrons. The molecule has 0 heterocycles. The minimum Gasteiger partial charge on any atom is -0.211 e. The Morgan fingerprint density at radius 1 is 0.636 bits per heavy atom. The van der Waals surface area contributed by atoms with Gasteiger partial charge in [0.1, 0.15) is 0 Å². The lowest BCUT2D eigenvalue weighted by Crippen LogP contribution is -2.17. The largest absolute Gasteiger partial charge is 0.234 e. The summed E-state index contributed by atoms with van der Waals surface area (Å²) >= 11 is 0. The summed E-state index contributed by atoms with van der Waals surface area (Å²) in [7, 11) is 0. The van der Waals surface area contributed by atoms with Gasteiger partial charge in [-0.2, -0.15) is 0 Å². The molecule has 0 aromatic heterocycles. The highest BCUT2D eigenvalue weighted by atomic mass is 16.1. The summed E-state index contributed by atoms with van der Waals surface area (Å²) in [5, 5.41) is 0. The summed E-state index contributed by atoms with van der Waals surface area (Å²) in [5.41, 5.74) is 0. The van der Waals surface area contributed by atoms with Gasteiger partial charge < -0.3 is 0 Å². The number of nitrogens with zero attached hydrogens (tertiary/aromatic N) is 4. The van der Waals surface area contributed by atoms with E-state index in [1.807, 2.05) is 0 Å². The third-order valence-electron chi connectivity index (χ3n) is 3.11. The first-order valence-corrected chi connectivity index (χ1v) is 6.93. The Kier molecular flexibility index (Phi) is 13.2. The highest BCUT2D eigenvalue weighted by molar-refractivity contribution is 5.34. The number of hydrogen-bond donors (Lipinski definition) is 0. The smallest absolute Gasteiger partial charge is 0.211 e. The van der Waals surface area contributed by atoms with Crippen molar-refractivity contribution in [2.24, 2.45) is 31.8 Å². The first kappa shape index (κ1) is 19.5. The fourth-order valence-electron chi connectivity index (χ4n) is 2.13. The van der Waals surface area contributed by atoms with Crippen LogP contribution < -0.4 is 0 Å². The molecule has 0 aliphatic rings. The molecular weight excluding hydrogens is 288 g/mol. The molecule has 8 nitrogen and oxygen atoms in total. The maximum atomic E-state index is 10.3. The monoisotopic (exact) mass is 306 g/mol. The number of unbranched alkanes of at least 4 members (excludes halogenated alkanes) is 1. The van der Waals surface area contributed by atoms with Crippen LogP contribution in [-0.4, -0.2) is 50.5 Å². The van der Waals surface area contributed by atoms with Gasteiger partial charge in [-0.05, 0) is 25.2 Å². The molecule has 0 saturated carbocycles. The van der Waals surface area contributed by atoms with Crippen LogP contribution in [0.2, 0.25) is 0 Å². The molecule has 118 valence electrons. The van der Waals surface area contributed by atoms with E-state index in [2.05, 4.69) is 20.0 Å². The highest BCUT2D eigenvalue weighted by Crippen LogP contribution is 2.20. The van der Waals surface area contributed by atoms with Crippen molar-refractivity contribution in [2.75, 3.05) is 26.2 Å². The number of carbonyl (C=O) groups excluding carboxylic acids is 4. The number of rotatable bonds is 13. The van der Waals surface area contributed by atoms with Crippen molar-refractivity contribution < 1.29 is 19.2 Å². The van der Waals surface area contributed by atoms with E-state index in [4.69, 9.17) is 0 Å². The predicted octanol–water partition coefficient (Wildman–Crippen LogP) is 1.12. The van der Waals surface area contributed by atoms with E-state index in [1.54, 1.807) is 0 Å². The normalized spacial score (nSPS) is 11.8. The van der Waals surface area contributed by atoms with E-state index in [0.29, 0.717) is 19.5 Å². The topological polar surface area (TPSA) is 118 Å². The van der Waals surface area contributed by atoms with Gasteiger partial charge in [0.15, 0.2) is 0 Å². The Hall–Kier alpha value is -2.48. The summed E-state index contributed by atoms with van der Waals surface area (Å²) in [6.07, 6.45) is 8.82. The lowest BCUT2D eigenvalue weighted by Gasteiger charge is -2.18. The van der Waals surface area contributed by atoms with Crippen LogP contribution in [0.3, 0.4) is 0 Å². The highest BCUT2D eigenvalue weighted by Gasteiger charge is 2.16. The van der Waals surface area contributed by atoms with Crippen LogP contribution in [0.15, 0.2) is 20.0 Å². The summed E-state index contributed by atoms with van der Waals surface area (Å²) in [4.78, 5) is 54.7. The van der Waals surface area contributed by atoms with Crippen LogP contribution in [0.5, 0.6) is 0 Å². The number of aliphatic imine (C=N–C) groups is 4. The Morgan fingerprint density at radius 3 is 1.64 bits per heavy atom. The first-order valence-electron chi connectivity index (χ1n) is 6.93. The maximum absolute atomic E-state index is 10.3. The van der Waals surface area contributed by atoms with Gasteiger partial charge in [-0.15, -0.1) is 0 Å². The van der Waals surface area contributed by atoms with Crippen molar-refractivity contribution in [1.29, 1.82) is 0 Å². The van der Waals surface area contributed by atoms with Crippen LogP contribution in [0.1, 0.15) is 25.7 Å². The zero-order chi connectivity index (χ0) is 16.5. The lowest BCUT2D eigenvalue weighted by atomic mass is 9.90. The minimum absolute atomic E-state index is 0.0790. The molecule has 0 amide bonds. The third-order valence-corrected chi connectivity index (χ3v) is 3.11. The van der Waals surface area contributed by atoms with E-state index < -0.39 is 0 Å². The van der Waals surface area contributed by atoms with Crippen LogP contribution in [0, 0.1) is 11.8 Å². The van der Waals surface area contributed by atoms with Gasteiger partial charge in [-0.25, -0.2) is 39.1 Å². The molecule has 0 aromatic carbocycles. The van der Waals surface area contributed by atoms with Gasteiger partial charge in [0, 0.05) is 5.92 Å². The molecule has 0 rings (SSSR count). The fourth-order valence-corrected chi connectivity index (χ4v) is 2.13. The van der Waals surface area contributed by atoms with Gasteiger partial charge in [-0.3, -0.25) is 0 Å². The van der Waals surface area contributed by atoms with Crippen molar-refractivity contribution >= 4 is 24.3 Å². The molecule has 0 aliphatic carbocycles. The van der Waals surface area contributed by atoms with Gasteiger partial charge in [0.2, 0.25) is 24.3 Å². The van der Waals surface area contributed by atoms with Crippen molar-refractivity contribution in [3.63, 3.8) is 0 Å².